The summed E-state index contributed by atoms with van der Waals surface area (Å²) in [4.78, 5) is 0. The van der Waals surface area contributed by atoms with Gasteiger partial charge in [-0.25, -0.2) is 0 Å². The van der Waals surface area contributed by atoms with E-state index in [0.29, 0.717) is 0 Å². The van der Waals surface area contributed by atoms with Crippen LogP contribution in [0.1, 0.15) is 136 Å². The van der Waals surface area contributed by atoms with Gasteiger partial charge in [-0.3, -0.25) is 0 Å². The van der Waals surface area contributed by atoms with Gasteiger partial charge in [0.2, 0.25) is 0 Å². The van der Waals surface area contributed by atoms with Crippen molar-refractivity contribution in [2.24, 2.45) is 0 Å². The van der Waals surface area contributed by atoms with Crippen LogP contribution in [0.2, 0.25) is 0 Å². The summed E-state index contributed by atoms with van der Waals surface area (Å²) in [6, 6.07) is 0. The first-order valence-corrected chi connectivity index (χ1v) is 11.1. The highest BCUT2D eigenvalue weighted by atomic mass is 14.0. The summed E-state index contributed by atoms with van der Waals surface area (Å²) in [5.41, 5.74) is 0. The smallest absolute Gasteiger partial charge is 0.0351 e. The van der Waals surface area contributed by atoms with Gasteiger partial charge in [-0.15, -0.1) is 0 Å². The Bertz CT molecular complexity index is 216. The number of hydrogen-bond acceptors (Lipinski definition) is 0. The summed E-state index contributed by atoms with van der Waals surface area (Å²) in [5, 5.41) is 0. The second-order valence-corrected chi connectivity index (χ2v) is 7.35. The van der Waals surface area contributed by atoms with Gasteiger partial charge in [0, 0.05) is 0 Å². The molecule has 0 aromatic carbocycles. The van der Waals surface area contributed by atoms with Crippen LogP contribution in [0.5, 0.6) is 0 Å². The highest BCUT2D eigenvalue weighted by Gasteiger charge is 1.92. The van der Waals surface area contributed by atoms with Gasteiger partial charge in [-0.1, -0.05) is 122 Å². The molecule has 0 N–H and O–H groups in total. The molecule has 0 heterocycles. The molecule has 0 aliphatic carbocycles. The van der Waals surface area contributed by atoms with Gasteiger partial charge in [-0.05, 0) is 25.7 Å². The third kappa shape index (κ3) is 21.7. The number of allylic oxidation sites excluding steroid dienone is 2. The highest BCUT2D eigenvalue weighted by molar-refractivity contribution is 4.81. The lowest BCUT2D eigenvalue weighted by Crippen LogP contribution is -1.81. The second kappa shape index (κ2) is 21.7. The maximum atomic E-state index is 2.43. The third-order valence-corrected chi connectivity index (χ3v) is 4.87. The van der Waals surface area contributed by atoms with Gasteiger partial charge in [-0.2, -0.15) is 0 Å². The molecule has 23 heavy (non-hydrogen) atoms. The molecule has 0 spiro atoms. The number of rotatable bonds is 19. The van der Waals surface area contributed by atoms with Crippen molar-refractivity contribution in [3.63, 3.8) is 0 Å². The first-order valence-electron chi connectivity index (χ1n) is 11.1. The fraction of sp³-hybridized carbons (Fsp3) is 0.913. The first-order chi connectivity index (χ1) is 11.4. The molecule has 0 atom stereocenters. The molecule has 0 amide bonds. The van der Waals surface area contributed by atoms with Crippen molar-refractivity contribution in [3.05, 3.63) is 12.2 Å². The molecule has 0 radical (unpaired) electrons. The van der Waals surface area contributed by atoms with Crippen molar-refractivity contribution in [2.45, 2.75) is 136 Å². The number of unbranched alkanes of at least 4 members (excludes halogenated alkanes) is 17. The van der Waals surface area contributed by atoms with Gasteiger partial charge in [0.05, 0.1) is 0 Å². The summed E-state index contributed by atoms with van der Waals surface area (Å²) in [6.07, 6.45) is 31.9. The maximum absolute atomic E-state index is 2.43. The predicted octanol–water partition coefficient (Wildman–Crippen LogP) is 8.99. The lowest BCUT2D eigenvalue weighted by Gasteiger charge is -2.01. The van der Waals surface area contributed by atoms with E-state index in [9.17, 15) is 0 Å². The van der Waals surface area contributed by atoms with Gasteiger partial charge in [0.1, 0.15) is 0 Å². The Kier molecular flexibility index (Phi) is 21.5. The molecule has 0 rings (SSSR count). The van der Waals surface area contributed by atoms with E-state index in [1.165, 1.54) is 122 Å². The minimum atomic E-state index is 1.31. The van der Waals surface area contributed by atoms with Crippen LogP contribution >= 0.6 is 0 Å². The largest absolute Gasteiger partial charge is 0.0885 e. The zero-order chi connectivity index (χ0) is 16.8. The normalized spacial score (nSPS) is 11.6. The van der Waals surface area contributed by atoms with E-state index < -0.39 is 0 Å². The number of hydrogen-bond donors (Lipinski definition) is 0. The molecule has 0 unspecified atom stereocenters. The molecule has 0 heteroatoms. The average molecular weight is 323 g/mol. The van der Waals surface area contributed by atoms with E-state index in [1.54, 1.807) is 0 Å². The summed E-state index contributed by atoms with van der Waals surface area (Å²) in [5.74, 6) is 0. The third-order valence-electron chi connectivity index (χ3n) is 4.87. The molecule has 0 nitrogen and oxygen atoms in total. The van der Waals surface area contributed by atoms with Gasteiger partial charge >= 0.3 is 0 Å². The van der Waals surface area contributed by atoms with Crippen LogP contribution in [0.15, 0.2) is 12.2 Å². The SMILES string of the molecule is CCCCCCCCCC/C=C/CCCCCCCCCCC. The fourth-order valence-corrected chi connectivity index (χ4v) is 3.20. The van der Waals surface area contributed by atoms with Crippen LogP contribution in [-0.4, -0.2) is 0 Å². The van der Waals surface area contributed by atoms with Crippen molar-refractivity contribution in [1.82, 2.24) is 0 Å². The predicted molar refractivity (Wildman–Crippen MR) is 108 cm³/mol. The van der Waals surface area contributed by atoms with Crippen LogP contribution in [-0.2, 0) is 0 Å². The van der Waals surface area contributed by atoms with Gasteiger partial charge < -0.3 is 0 Å². The lowest BCUT2D eigenvalue weighted by atomic mass is 10.1. The molecule has 0 aliphatic rings. The molecular formula is C23H46. The van der Waals surface area contributed by atoms with Crippen molar-refractivity contribution < 1.29 is 0 Å². The minimum absolute atomic E-state index is 1.31. The van der Waals surface area contributed by atoms with E-state index in [-0.39, 0.29) is 0 Å². The molecule has 0 fully saturated rings. The molecule has 0 saturated carbocycles. The molecule has 0 bridgehead atoms. The van der Waals surface area contributed by atoms with Gasteiger partial charge in [0.15, 0.2) is 0 Å². The van der Waals surface area contributed by atoms with Crippen LogP contribution < -0.4 is 0 Å². The Morgan fingerprint density at radius 2 is 0.609 bits per heavy atom. The minimum Gasteiger partial charge on any atom is -0.0885 e. The molecule has 0 saturated heterocycles. The Labute approximate surface area is 148 Å². The molecular weight excluding hydrogens is 276 g/mol. The Hall–Kier alpha value is -0.260. The van der Waals surface area contributed by atoms with Crippen LogP contribution in [0.25, 0.3) is 0 Å². The quantitative estimate of drug-likeness (QED) is 0.164. The van der Waals surface area contributed by atoms with E-state index in [4.69, 9.17) is 0 Å². The monoisotopic (exact) mass is 322 g/mol. The zero-order valence-electron chi connectivity index (χ0n) is 16.6. The Morgan fingerprint density at radius 3 is 0.913 bits per heavy atom. The second-order valence-electron chi connectivity index (χ2n) is 7.35. The topological polar surface area (TPSA) is 0 Å². The lowest BCUT2D eigenvalue weighted by molar-refractivity contribution is 0.566. The standard InChI is InChI=1S/C23H46/c1-3-5-7-9-11-13-15-17-19-21-23-22-20-18-16-14-12-10-8-6-4-2/h21,23H,3-20,22H2,1-2H3/b23-21+. The van der Waals surface area contributed by atoms with Crippen molar-refractivity contribution >= 4 is 0 Å². The van der Waals surface area contributed by atoms with Gasteiger partial charge in [0.25, 0.3) is 0 Å². The zero-order valence-corrected chi connectivity index (χ0v) is 16.6. The average Bonchev–Trinajstić information content (AvgIpc) is 2.57. The van der Waals surface area contributed by atoms with E-state index in [1.807, 2.05) is 0 Å². The van der Waals surface area contributed by atoms with E-state index >= 15 is 0 Å². The van der Waals surface area contributed by atoms with Crippen LogP contribution in [0, 0.1) is 0 Å². The van der Waals surface area contributed by atoms with E-state index in [0.717, 1.165) is 0 Å². The Balaban J connectivity index is 3.03. The molecule has 138 valence electrons. The molecule has 0 aliphatic heterocycles. The highest BCUT2D eigenvalue weighted by Crippen LogP contribution is 2.12. The van der Waals surface area contributed by atoms with Crippen LogP contribution in [0.4, 0.5) is 0 Å². The molecule has 0 aromatic rings. The maximum Gasteiger partial charge on any atom is -0.0351 e. The summed E-state index contributed by atoms with van der Waals surface area (Å²) < 4.78 is 0. The summed E-state index contributed by atoms with van der Waals surface area (Å²) in [6.45, 7) is 4.59. The molecule has 0 aromatic heterocycles. The fourth-order valence-electron chi connectivity index (χ4n) is 3.20. The van der Waals surface area contributed by atoms with Crippen molar-refractivity contribution in [3.8, 4) is 0 Å². The van der Waals surface area contributed by atoms with Crippen molar-refractivity contribution in [1.29, 1.82) is 0 Å². The summed E-state index contributed by atoms with van der Waals surface area (Å²) >= 11 is 0. The first kappa shape index (κ1) is 22.7. The Morgan fingerprint density at radius 1 is 0.348 bits per heavy atom. The summed E-state index contributed by atoms with van der Waals surface area (Å²) in [7, 11) is 0. The van der Waals surface area contributed by atoms with E-state index in [2.05, 4.69) is 26.0 Å². The van der Waals surface area contributed by atoms with Crippen molar-refractivity contribution in [2.75, 3.05) is 0 Å². The van der Waals surface area contributed by atoms with Crippen LogP contribution in [0.3, 0.4) is 0 Å².